The molecule has 2 atom stereocenters. The Kier molecular flexibility index (Phi) is 10.2. The molecule has 3 aromatic rings. The second-order valence-corrected chi connectivity index (χ2v) is 12.6. The number of aromatic nitrogens is 1. The molecule has 1 aromatic heterocycles. The minimum Gasteiger partial charge on any atom is -0.481 e. The van der Waals surface area contributed by atoms with Gasteiger partial charge in [0.15, 0.2) is 5.13 Å². The van der Waals surface area contributed by atoms with Crippen molar-refractivity contribution in [2.24, 2.45) is 11.8 Å². The first-order valence-corrected chi connectivity index (χ1v) is 14.4. The van der Waals surface area contributed by atoms with E-state index in [0.717, 1.165) is 62.5 Å². The van der Waals surface area contributed by atoms with Crippen LogP contribution in [0, 0.1) is 31.6 Å². The molecule has 204 valence electrons. The first-order chi connectivity index (χ1) is 18.0. The number of carboxylic acids is 1. The van der Waals surface area contributed by atoms with E-state index in [4.69, 9.17) is 21.7 Å². The normalized spacial score (nSPS) is 19.0. The topological polar surface area (TPSA) is 73.7 Å². The first kappa shape index (κ1) is 30.0. The van der Waals surface area contributed by atoms with Gasteiger partial charge >= 0.3 is 5.97 Å². The van der Waals surface area contributed by atoms with Gasteiger partial charge in [-0.2, -0.15) is 0 Å². The fourth-order valence-electron chi connectivity index (χ4n) is 5.43. The van der Waals surface area contributed by atoms with Crippen molar-refractivity contribution < 1.29 is 15.0 Å². The molecule has 2 aromatic carbocycles. The molecular weight excluding hydrogens is 516 g/mol. The second-order valence-electron chi connectivity index (χ2n) is 11.2. The van der Waals surface area contributed by atoms with Crippen molar-refractivity contribution in [1.29, 1.82) is 0 Å². The van der Waals surface area contributed by atoms with Crippen LogP contribution in [0.25, 0.3) is 21.3 Å². The molecule has 38 heavy (non-hydrogen) atoms. The highest BCUT2D eigenvalue weighted by Gasteiger charge is 2.32. The van der Waals surface area contributed by atoms with Gasteiger partial charge in [-0.25, -0.2) is 4.98 Å². The number of fused-ring (bicyclic) bond motifs is 2. The van der Waals surface area contributed by atoms with Gasteiger partial charge in [0.05, 0.1) is 22.2 Å². The Balaban J connectivity index is 0.000000515. The van der Waals surface area contributed by atoms with Crippen molar-refractivity contribution in [1.82, 2.24) is 4.98 Å². The molecule has 5 nitrogen and oxygen atoms in total. The molecule has 2 aliphatic rings. The number of piperidine rings is 1. The lowest BCUT2D eigenvalue weighted by Crippen LogP contribution is -2.41. The van der Waals surface area contributed by atoms with E-state index in [2.05, 4.69) is 23.8 Å². The van der Waals surface area contributed by atoms with Gasteiger partial charge in [0.25, 0.3) is 0 Å². The van der Waals surface area contributed by atoms with Gasteiger partial charge in [-0.3, -0.25) is 4.79 Å². The number of aliphatic carboxylic acids is 1. The van der Waals surface area contributed by atoms with Crippen molar-refractivity contribution in [2.45, 2.75) is 71.8 Å². The quantitative estimate of drug-likeness (QED) is 0.325. The summed E-state index contributed by atoms with van der Waals surface area (Å²) in [5.74, 6) is 0.852. The lowest BCUT2D eigenvalue weighted by molar-refractivity contribution is -0.136. The summed E-state index contributed by atoms with van der Waals surface area (Å²) in [4.78, 5) is 19.1. The third kappa shape index (κ3) is 7.72. The standard InChI is InChI=1S/C25H27ClN2O2S.C4H10O.C2H2/c1-15-12-21-24(23(20(15)13-22(29)30)17-6-8-19(26)9-7-17)31-25(27-21)28-11-10-16-4-2-3-5-18(16)14-28;1-4(2,3)5;1-2/h6-9,12,16,18H,2-5,10-11,13-14H2,1H3,(H,29,30);5H,1-3H3;1-2H/t16?,18-;;/m1../s1. The number of benzene rings is 2. The number of carbonyl (C=O) groups is 1. The maximum Gasteiger partial charge on any atom is 0.307 e. The predicted molar refractivity (Wildman–Crippen MR) is 160 cm³/mol. The highest BCUT2D eigenvalue weighted by molar-refractivity contribution is 7.22. The van der Waals surface area contributed by atoms with Crippen molar-refractivity contribution in [3.8, 4) is 24.0 Å². The van der Waals surface area contributed by atoms with E-state index in [1.54, 1.807) is 32.1 Å². The molecule has 7 heteroatoms. The van der Waals surface area contributed by atoms with Gasteiger partial charge in [-0.05, 0) is 87.3 Å². The van der Waals surface area contributed by atoms with Crippen LogP contribution in [-0.2, 0) is 11.2 Å². The minimum atomic E-state index is -0.818. The number of carboxylic acid groups (broad SMARTS) is 1. The van der Waals surface area contributed by atoms with E-state index in [-0.39, 0.29) is 6.42 Å². The molecule has 1 aliphatic heterocycles. The van der Waals surface area contributed by atoms with Crippen molar-refractivity contribution in [3.05, 3.63) is 46.5 Å². The highest BCUT2D eigenvalue weighted by Crippen LogP contribution is 2.43. The summed E-state index contributed by atoms with van der Waals surface area (Å²) in [6, 6.07) is 9.75. The summed E-state index contributed by atoms with van der Waals surface area (Å²) in [6.45, 7) is 9.39. The Hall–Kier alpha value is -2.59. The van der Waals surface area contributed by atoms with E-state index < -0.39 is 11.6 Å². The number of hydrogen-bond acceptors (Lipinski definition) is 5. The fraction of sp³-hybridized carbons (Fsp3) is 0.484. The molecule has 1 unspecified atom stereocenters. The number of anilines is 1. The van der Waals surface area contributed by atoms with E-state index in [9.17, 15) is 9.90 Å². The molecule has 5 rings (SSSR count). The molecule has 2 heterocycles. The van der Waals surface area contributed by atoms with Crippen LogP contribution >= 0.6 is 22.9 Å². The van der Waals surface area contributed by atoms with E-state index in [1.807, 2.05) is 31.2 Å². The van der Waals surface area contributed by atoms with E-state index in [0.29, 0.717) is 5.02 Å². The Bertz CT molecular complexity index is 1250. The zero-order valence-corrected chi connectivity index (χ0v) is 24.4. The summed E-state index contributed by atoms with van der Waals surface area (Å²) in [7, 11) is 0. The number of thiazole rings is 1. The summed E-state index contributed by atoms with van der Waals surface area (Å²) in [6.07, 6.45) is 14.7. The zero-order valence-electron chi connectivity index (χ0n) is 22.8. The number of hydrogen-bond donors (Lipinski definition) is 2. The van der Waals surface area contributed by atoms with Gasteiger partial charge in [0, 0.05) is 23.7 Å². The number of nitrogens with zero attached hydrogens (tertiary/aromatic N) is 2. The third-order valence-electron chi connectivity index (χ3n) is 7.02. The lowest BCUT2D eigenvalue weighted by Gasteiger charge is -2.41. The summed E-state index contributed by atoms with van der Waals surface area (Å²) in [5, 5.41) is 19.8. The molecule has 0 amide bonds. The SMILES string of the molecule is C#C.CC(C)(C)O.Cc1cc2nc(N3CCC4CCCC[C@@H]4C3)sc2c(-c2ccc(Cl)cc2)c1CC(=O)O. The smallest absolute Gasteiger partial charge is 0.307 e. The van der Waals surface area contributed by atoms with Crippen molar-refractivity contribution >= 4 is 44.3 Å². The lowest BCUT2D eigenvalue weighted by atomic mass is 9.75. The van der Waals surface area contributed by atoms with Crippen LogP contribution in [0.2, 0.25) is 5.02 Å². The number of aryl methyl sites for hydroxylation is 1. The van der Waals surface area contributed by atoms with Crippen LogP contribution in [0.3, 0.4) is 0 Å². The van der Waals surface area contributed by atoms with E-state index in [1.165, 1.54) is 32.1 Å². The summed E-state index contributed by atoms with van der Waals surface area (Å²) >= 11 is 7.83. The Morgan fingerprint density at radius 3 is 2.34 bits per heavy atom. The van der Waals surface area contributed by atoms with Crippen LogP contribution in [0.15, 0.2) is 30.3 Å². The molecular formula is C31H39ClN2O3S. The molecule has 1 aliphatic carbocycles. The highest BCUT2D eigenvalue weighted by atomic mass is 35.5. The molecule has 2 fully saturated rings. The monoisotopic (exact) mass is 554 g/mol. The number of aliphatic hydroxyl groups is 1. The van der Waals surface area contributed by atoms with Crippen LogP contribution in [-0.4, -0.2) is 39.9 Å². The largest absolute Gasteiger partial charge is 0.481 e. The van der Waals surface area contributed by atoms with Gasteiger partial charge < -0.3 is 15.1 Å². The molecule has 1 saturated heterocycles. The maximum absolute atomic E-state index is 11.6. The average Bonchev–Trinajstić information content (AvgIpc) is 3.28. The average molecular weight is 555 g/mol. The molecule has 1 saturated carbocycles. The van der Waals surface area contributed by atoms with Gasteiger partial charge in [-0.15, -0.1) is 12.8 Å². The van der Waals surface area contributed by atoms with Crippen molar-refractivity contribution in [2.75, 3.05) is 18.0 Å². The second kappa shape index (κ2) is 13.0. The first-order valence-electron chi connectivity index (χ1n) is 13.2. The van der Waals surface area contributed by atoms with Crippen LogP contribution in [0.1, 0.15) is 64.0 Å². The van der Waals surface area contributed by atoms with Gasteiger partial charge in [0.2, 0.25) is 0 Å². The number of terminal acetylenes is 1. The zero-order chi connectivity index (χ0) is 28.0. The predicted octanol–water partition coefficient (Wildman–Crippen LogP) is 7.60. The van der Waals surface area contributed by atoms with Crippen molar-refractivity contribution in [3.63, 3.8) is 0 Å². The third-order valence-corrected chi connectivity index (χ3v) is 8.42. The molecule has 0 radical (unpaired) electrons. The number of rotatable bonds is 4. The molecule has 0 bridgehead atoms. The minimum absolute atomic E-state index is 0.000431. The van der Waals surface area contributed by atoms with Gasteiger partial charge in [0.1, 0.15) is 0 Å². The Labute approximate surface area is 235 Å². The summed E-state index contributed by atoms with van der Waals surface area (Å²) in [5.41, 5.74) is 4.29. The number of halogens is 1. The fourth-order valence-corrected chi connectivity index (χ4v) is 6.73. The summed E-state index contributed by atoms with van der Waals surface area (Å²) < 4.78 is 1.07. The Morgan fingerprint density at radius 1 is 1.13 bits per heavy atom. The van der Waals surface area contributed by atoms with Crippen LogP contribution in [0.4, 0.5) is 5.13 Å². The van der Waals surface area contributed by atoms with Gasteiger partial charge in [-0.1, -0.05) is 54.3 Å². The maximum atomic E-state index is 11.6. The molecule has 2 N–H and O–H groups in total. The van der Waals surface area contributed by atoms with Crippen LogP contribution in [0.5, 0.6) is 0 Å². The molecule has 0 spiro atoms. The van der Waals surface area contributed by atoms with Crippen LogP contribution < -0.4 is 4.90 Å². The van der Waals surface area contributed by atoms with E-state index >= 15 is 0 Å². The Morgan fingerprint density at radius 2 is 1.74 bits per heavy atom.